The predicted molar refractivity (Wildman–Crippen MR) is 62.0 cm³/mol. The van der Waals surface area contributed by atoms with Crippen LogP contribution < -0.4 is 5.73 Å². The Morgan fingerprint density at radius 2 is 2.19 bits per heavy atom. The van der Waals surface area contributed by atoms with Crippen LogP contribution in [-0.2, 0) is 6.54 Å². The zero-order valence-electron chi connectivity index (χ0n) is 9.57. The Kier molecular flexibility index (Phi) is 4.27. The fourth-order valence-corrected chi connectivity index (χ4v) is 1.50. The quantitative estimate of drug-likeness (QED) is 0.792. The molecule has 1 rings (SSSR count). The smallest absolute Gasteiger partial charge is 0.125 e. The first kappa shape index (κ1) is 12.5. The van der Waals surface area contributed by atoms with Crippen molar-refractivity contribution in [3.63, 3.8) is 0 Å². The predicted octanol–water partition coefficient (Wildman–Crippen LogP) is 2.14. The van der Waals surface area contributed by atoms with E-state index in [4.69, 9.17) is 11.0 Å². The summed E-state index contributed by atoms with van der Waals surface area (Å²) in [6, 6.07) is 6.77. The highest BCUT2D eigenvalue weighted by molar-refractivity contribution is 5.41. The maximum absolute atomic E-state index is 13.1. The molecular weight excluding hydrogens is 205 g/mol. The third-order valence-electron chi connectivity index (χ3n) is 2.55. The van der Waals surface area contributed by atoms with Gasteiger partial charge < -0.3 is 5.73 Å². The highest BCUT2D eigenvalue weighted by atomic mass is 19.1. The SMILES string of the molecule is CC(CC#N)N(C)Cc1cc(N)cc(F)c1. The molecule has 3 nitrogen and oxygen atoms in total. The van der Waals surface area contributed by atoms with Gasteiger partial charge in [-0.05, 0) is 37.7 Å². The lowest BCUT2D eigenvalue weighted by Crippen LogP contribution is -2.28. The van der Waals surface area contributed by atoms with Gasteiger partial charge in [-0.25, -0.2) is 4.39 Å². The van der Waals surface area contributed by atoms with Crippen LogP contribution in [0, 0.1) is 17.1 Å². The topological polar surface area (TPSA) is 53.0 Å². The summed E-state index contributed by atoms with van der Waals surface area (Å²) < 4.78 is 13.1. The van der Waals surface area contributed by atoms with Gasteiger partial charge in [-0.3, -0.25) is 4.90 Å². The molecule has 0 amide bonds. The lowest BCUT2D eigenvalue weighted by Gasteiger charge is -2.22. The number of nitrogens with two attached hydrogens (primary N) is 1. The van der Waals surface area contributed by atoms with E-state index in [1.165, 1.54) is 12.1 Å². The van der Waals surface area contributed by atoms with Crippen molar-refractivity contribution in [3.05, 3.63) is 29.6 Å². The second-order valence-corrected chi connectivity index (χ2v) is 4.02. The van der Waals surface area contributed by atoms with Gasteiger partial charge in [-0.1, -0.05) is 0 Å². The number of nitriles is 1. The molecule has 0 aliphatic heterocycles. The van der Waals surface area contributed by atoms with Crippen molar-refractivity contribution in [2.45, 2.75) is 25.9 Å². The fourth-order valence-electron chi connectivity index (χ4n) is 1.50. The molecule has 16 heavy (non-hydrogen) atoms. The molecule has 0 radical (unpaired) electrons. The van der Waals surface area contributed by atoms with Crippen molar-refractivity contribution in [2.75, 3.05) is 12.8 Å². The maximum atomic E-state index is 13.1. The summed E-state index contributed by atoms with van der Waals surface area (Å²) in [7, 11) is 1.91. The number of hydrogen-bond donors (Lipinski definition) is 1. The molecule has 0 bridgehead atoms. The molecule has 0 aromatic heterocycles. The number of hydrogen-bond acceptors (Lipinski definition) is 3. The van der Waals surface area contributed by atoms with Gasteiger partial charge in [0.15, 0.2) is 0 Å². The lowest BCUT2D eigenvalue weighted by molar-refractivity contribution is 0.252. The maximum Gasteiger partial charge on any atom is 0.125 e. The molecular formula is C12H16FN3. The van der Waals surface area contributed by atoms with Gasteiger partial charge in [0.05, 0.1) is 12.5 Å². The molecule has 0 aliphatic carbocycles. The molecule has 1 aromatic carbocycles. The minimum atomic E-state index is -0.323. The van der Waals surface area contributed by atoms with E-state index in [0.29, 0.717) is 18.7 Å². The van der Waals surface area contributed by atoms with Gasteiger partial charge in [0.25, 0.3) is 0 Å². The standard InChI is InChI=1S/C12H16FN3/c1-9(3-4-14)16(2)8-10-5-11(13)7-12(15)6-10/h5-7,9H,3,8,15H2,1-2H3. The van der Waals surface area contributed by atoms with Crippen molar-refractivity contribution in [3.8, 4) is 6.07 Å². The third kappa shape index (κ3) is 3.52. The highest BCUT2D eigenvalue weighted by Crippen LogP contribution is 2.14. The Hall–Kier alpha value is -1.60. The van der Waals surface area contributed by atoms with E-state index >= 15 is 0 Å². The number of anilines is 1. The number of halogens is 1. The molecule has 0 saturated heterocycles. The van der Waals surface area contributed by atoms with Crippen LogP contribution in [0.15, 0.2) is 18.2 Å². The summed E-state index contributed by atoms with van der Waals surface area (Å²) in [5.74, 6) is -0.323. The Labute approximate surface area is 95.3 Å². The lowest BCUT2D eigenvalue weighted by atomic mass is 10.1. The Bertz CT molecular complexity index is 377. The first-order valence-corrected chi connectivity index (χ1v) is 5.15. The van der Waals surface area contributed by atoms with Crippen LogP contribution in [-0.4, -0.2) is 18.0 Å². The molecule has 1 aromatic rings. The van der Waals surface area contributed by atoms with Crippen molar-refractivity contribution in [1.82, 2.24) is 4.90 Å². The van der Waals surface area contributed by atoms with E-state index in [2.05, 4.69) is 6.07 Å². The molecule has 1 unspecified atom stereocenters. The Morgan fingerprint density at radius 1 is 1.50 bits per heavy atom. The summed E-state index contributed by atoms with van der Waals surface area (Å²) in [5, 5.41) is 8.58. The molecule has 0 heterocycles. The largest absolute Gasteiger partial charge is 0.399 e. The van der Waals surface area contributed by atoms with Gasteiger partial charge in [-0.2, -0.15) is 5.26 Å². The van der Waals surface area contributed by atoms with E-state index in [1.807, 2.05) is 18.9 Å². The van der Waals surface area contributed by atoms with E-state index in [9.17, 15) is 4.39 Å². The van der Waals surface area contributed by atoms with Crippen LogP contribution in [0.5, 0.6) is 0 Å². The average Bonchev–Trinajstić information content (AvgIpc) is 2.16. The number of nitrogen functional groups attached to an aromatic ring is 1. The normalized spacial score (nSPS) is 12.4. The summed E-state index contributed by atoms with van der Waals surface area (Å²) in [6.45, 7) is 2.55. The van der Waals surface area contributed by atoms with Gasteiger partial charge in [0.2, 0.25) is 0 Å². The van der Waals surface area contributed by atoms with Crippen molar-refractivity contribution in [2.24, 2.45) is 0 Å². The van der Waals surface area contributed by atoms with Gasteiger partial charge in [0.1, 0.15) is 5.82 Å². The van der Waals surface area contributed by atoms with Crippen LogP contribution in [0.1, 0.15) is 18.9 Å². The van der Waals surface area contributed by atoms with E-state index < -0.39 is 0 Å². The first-order chi connectivity index (χ1) is 7.52. The molecule has 1 atom stereocenters. The van der Waals surface area contributed by atoms with Gasteiger partial charge in [0, 0.05) is 18.3 Å². The van der Waals surface area contributed by atoms with E-state index in [-0.39, 0.29) is 11.9 Å². The van der Waals surface area contributed by atoms with Crippen LogP contribution in [0.4, 0.5) is 10.1 Å². The van der Waals surface area contributed by atoms with Crippen molar-refractivity contribution < 1.29 is 4.39 Å². The number of rotatable bonds is 4. The molecule has 86 valence electrons. The number of benzene rings is 1. The molecule has 0 aliphatic rings. The minimum absolute atomic E-state index is 0.148. The molecule has 0 spiro atoms. The molecule has 0 fully saturated rings. The van der Waals surface area contributed by atoms with Crippen LogP contribution >= 0.6 is 0 Å². The van der Waals surface area contributed by atoms with Gasteiger partial charge in [-0.15, -0.1) is 0 Å². The molecule has 4 heteroatoms. The minimum Gasteiger partial charge on any atom is -0.399 e. The fraction of sp³-hybridized carbons (Fsp3) is 0.417. The summed E-state index contributed by atoms with van der Waals surface area (Å²) in [4.78, 5) is 2.00. The average molecular weight is 221 g/mol. The van der Waals surface area contributed by atoms with E-state index in [1.54, 1.807) is 6.07 Å². The third-order valence-corrected chi connectivity index (χ3v) is 2.55. The van der Waals surface area contributed by atoms with Crippen LogP contribution in [0.25, 0.3) is 0 Å². The number of nitrogens with zero attached hydrogens (tertiary/aromatic N) is 2. The zero-order chi connectivity index (χ0) is 12.1. The molecule has 2 N–H and O–H groups in total. The summed E-state index contributed by atoms with van der Waals surface area (Å²) in [5.41, 5.74) is 6.81. The Balaban J connectivity index is 2.69. The van der Waals surface area contributed by atoms with Gasteiger partial charge >= 0.3 is 0 Å². The highest BCUT2D eigenvalue weighted by Gasteiger charge is 2.09. The van der Waals surface area contributed by atoms with Crippen molar-refractivity contribution >= 4 is 5.69 Å². The summed E-state index contributed by atoms with van der Waals surface area (Å²) >= 11 is 0. The Morgan fingerprint density at radius 3 is 2.75 bits per heavy atom. The monoisotopic (exact) mass is 221 g/mol. The van der Waals surface area contributed by atoms with Crippen LogP contribution in [0.2, 0.25) is 0 Å². The van der Waals surface area contributed by atoms with Crippen LogP contribution in [0.3, 0.4) is 0 Å². The second kappa shape index (κ2) is 5.47. The summed E-state index contributed by atoms with van der Waals surface area (Å²) in [6.07, 6.45) is 0.460. The first-order valence-electron chi connectivity index (χ1n) is 5.15. The van der Waals surface area contributed by atoms with E-state index in [0.717, 1.165) is 5.56 Å². The van der Waals surface area contributed by atoms with Crippen molar-refractivity contribution in [1.29, 1.82) is 5.26 Å². The molecule has 0 saturated carbocycles. The zero-order valence-corrected chi connectivity index (χ0v) is 9.57. The second-order valence-electron chi connectivity index (χ2n) is 4.02.